The van der Waals surface area contributed by atoms with Gasteiger partial charge in [-0.1, -0.05) is 11.3 Å². The molecule has 0 saturated carbocycles. The summed E-state index contributed by atoms with van der Waals surface area (Å²) in [5.41, 5.74) is 0.283. The van der Waals surface area contributed by atoms with E-state index in [2.05, 4.69) is 10.6 Å². The van der Waals surface area contributed by atoms with Crippen molar-refractivity contribution in [1.82, 2.24) is 10.6 Å². The van der Waals surface area contributed by atoms with Crippen molar-refractivity contribution in [3.8, 4) is 0 Å². The number of ether oxygens (including phenoxy) is 1. The summed E-state index contributed by atoms with van der Waals surface area (Å²) in [5.74, 6) is -0.270. The smallest absolute Gasteiger partial charge is 0.324 e. The van der Waals surface area contributed by atoms with E-state index in [0.717, 1.165) is 37.3 Å². The van der Waals surface area contributed by atoms with Crippen LogP contribution >= 0.6 is 23.7 Å². The number of amides is 1. The fourth-order valence-electron chi connectivity index (χ4n) is 2.55. The maximum atomic E-state index is 12.1. The Morgan fingerprint density at radius 1 is 1.55 bits per heavy atom. The van der Waals surface area contributed by atoms with E-state index in [1.54, 1.807) is 7.11 Å². The van der Waals surface area contributed by atoms with Gasteiger partial charge in [-0.05, 0) is 25.9 Å². The average Bonchev–Trinajstić information content (AvgIpc) is 2.96. The first-order valence-electron chi connectivity index (χ1n) is 6.77. The second-order valence-electron chi connectivity index (χ2n) is 5.30. The molecule has 9 heteroatoms. The number of hydrogen-bond donors (Lipinski definition) is 2. The number of carbonyl (C=O) groups excluding carboxylic acids is 1. The third kappa shape index (κ3) is 4.64. The van der Waals surface area contributed by atoms with Gasteiger partial charge < -0.3 is 15.4 Å². The van der Waals surface area contributed by atoms with Crippen LogP contribution in [0.4, 0.5) is 5.00 Å². The van der Waals surface area contributed by atoms with Gasteiger partial charge in [-0.15, -0.1) is 12.4 Å². The molecular formula is C13H20ClN3O4S. The highest BCUT2D eigenvalue weighted by Crippen LogP contribution is 2.28. The Labute approximate surface area is 139 Å². The predicted octanol–water partition coefficient (Wildman–Crippen LogP) is 1.82. The number of rotatable bonds is 6. The van der Waals surface area contributed by atoms with Crippen LogP contribution in [0, 0.1) is 15.5 Å². The minimum atomic E-state index is -0.485. The van der Waals surface area contributed by atoms with Gasteiger partial charge in [0.1, 0.15) is 0 Å². The molecule has 124 valence electrons. The zero-order valence-electron chi connectivity index (χ0n) is 12.3. The third-order valence-electron chi connectivity index (χ3n) is 3.77. The van der Waals surface area contributed by atoms with E-state index in [1.807, 2.05) is 0 Å². The molecule has 1 aliphatic heterocycles. The fourth-order valence-corrected chi connectivity index (χ4v) is 3.25. The second kappa shape index (κ2) is 8.42. The Morgan fingerprint density at radius 2 is 2.23 bits per heavy atom. The lowest BCUT2D eigenvalue weighted by atomic mass is 9.79. The molecule has 2 rings (SSSR count). The van der Waals surface area contributed by atoms with Gasteiger partial charge in [-0.2, -0.15) is 0 Å². The molecule has 0 bridgehead atoms. The summed E-state index contributed by atoms with van der Waals surface area (Å²) < 4.78 is 5.29. The molecule has 2 heterocycles. The predicted molar refractivity (Wildman–Crippen MR) is 87.0 cm³/mol. The summed E-state index contributed by atoms with van der Waals surface area (Å²) in [4.78, 5) is 22.2. The number of nitro groups is 1. The Hall–Kier alpha value is -1.22. The molecule has 0 unspecified atom stereocenters. The molecule has 1 aromatic heterocycles. The Bertz CT molecular complexity index is 512. The third-order valence-corrected chi connectivity index (χ3v) is 4.65. The highest BCUT2D eigenvalue weighted by atomic mass is 35.5. The zero-order valence-corrected chi connectivity index (χ0v) is 13.9. The van der Waals surface area contributed by atoms with E-state index >= 15 is 0 Å². The van der Waals surface area contributed by atoms with Crippen LogP contribution in [0.5, 0.6) is 0 Å². The van der Waals surface area contributed by atoms with Crippen molar-refractivity contribution in [2.45, 2.75) is 12.8 Å². The highest BCUT2D eigenvalue weighted by molar-refractivity contribution is 7.13. The van der Waals surface area contributed by atoms with Crippen LogP contribution in [0.15, 0.2) is 11.4 Å². The first kappa shape index (κ1) is 18.8. The van der Waals surface area contributed by atoms with Gasteiger partial charge in [0.15, 0.2) is 0 Å². The molecule has 0 aromatic carbocycles. The van der Waals surface area contributed by atoms with E-state index in [4.69, 9.17) is 4.74 Å². The molecule has 1 aromatic rings. The van der Waals surface area contributed by atoms with E-state index < -0.39 is 4.92 Å². The first-order valence-corrected chi connectivity index (χ1v) is 7.65. The second-order valence-corrected chi connectivity index (χ2v) is 6.19. The first-order chi connectivity index (χ1) is 10.1. The highest BCUT2D eigenvalue weighted by Gasteiger charge is 2.32. The summed E-state index contributed by atoms with van der Waals surface area (Å²) in [6.45, 7) is 2.93. The molecule has 1 amide bonds. The van der Waals surface area contributed by atoms with Crippen LogP contribution < -0.4 is 10.6 Å². The number of halogens is 1. The van der Waals surface area contributed by atoms with E-state index in [1.165, 1.54) is 11.4 Å². The number of piperidine rings is 1. The monoisotopic (exact) mass is 349 g/mol. The summed E-state index contributed by atoms with van der Waals surface area (Å²) in [6.07, 6.45) is 1.87. The molecule has 22 heavy (non-hydrogen) atoms. The summed E-state index contributed by atoms with van der Waals surface area (Å²) in [5, 5.41) is 18.3. The minimum Gasteiger partial charge on any atom is -0.384 e. The molecule has 0 aliphatic carbocycles. The molecule has 0 radical (unpaired) electrons. The Morgan fingerprint density at radius 3 is 2.77 bits per heavy atom. The molecule has 1 saturated heterocycles. The molecule has 0 spiro atoms. The standard InChI is InChI=1S/C13H19N3O4S.ClH/c1-20-9-13(2-4-14-5-3-13)8-15-12(17)10-6-11(16(18)19)21-7-10;/h6-7,14H,2-5,8-9H2,1H3,(H,15,17);1H. The number of carbonyl (C=O) groups is 1. The molecular weight excluding hydrogens is 330 g/mol. The lowest BCUT2D eigenvalue weighted by Gasteiger charge is -2.37. The zero-order chi connectivity index (χ0) is 15.3. The van der Waals surface area contributed by atoms with Gasteiger partial charge >= 0.3 is 5.00 Å². The van der Waals surface area contributed by atoms with Crippen molar-refractivity contribution in [2.75, 3.05) is 33.4 Å². The summed E-state index contributed by atoms with van der Waals surface area (Å²) in [7, 11) is 1.66. The molecule has 2 N–H and O–H groups in total. The van der Waals surface area contributed by atoms with Crippen molar-refractivity contribution in [3.05, 3.63) is 27.1 Å². The van der Waals surface area contributed by atoms with Gasteiger partial charge in [0.2, 0.25) is 0 Å². The maximum absolute atomic E-state index is 12.1. The molecule has 7 nitrogen and oxygen atoms in total. The molecule has 0 atom stereocenters. The normalized spacial score (nSPS) is 16.6. The summed E-state index contributed by atoms with van der Waals surface area (Å²) in [6, 6.07) is 1.31. The molecule has 1 fully saturated rings. The number of methoxy groups -OCH3 is 1. The Kier molecular flexibility index (Phi) is 7.21. The quantitative estimate of drug-likeness (QED) is 0.603. The average molecular weight is 350 g/mol. The molecule has 1 aliphatic rings. The van der Waals surface area contributed by atoms with Crippen LogP contribution in [0.1, 0.15) is 23.2 Å². The van der Waals surface area contributed by atoms with Crippen LogP contribution in [0.2, 0.25) is 0 Å². The van der Waals surface area contributed by atoms with Gasteiger partial charge in [0.05, 0.1) is 17.1 Å². The lowest BCUT2D eigenvalue weighted by Crippen LogP contribution is -2.47. The Balaban J connectivity index is 0.00000242. The van der Waals surface area contributed by atoms with Gasteiger partial charge in [0, 0.05) is 30.5 Å². The fraction of sp³-hybridized carbons (Fsp3) is 0.615. The van der Waals surface area contributed by atoms with E-state index in [0.29, 0.717) is 18.7 Å². The number of thiophene rings is 1. The van der Waals surface area contributed by atoms with Crippen LogP contribution in [-0.4, -0.2) is 44.2 Å². The summed E-state index contributed by atoms with van der Waals surface area (Å²) >= 11 is 0.962. The van der Waals surface area contributed by atoms with Crippen molar-refractivity contribution < 1.29 is 14.5 Å². The largest absolute Gasteiger partial charge is 0.384 e. The van der Waals surface area contributed by atoms with E-state index in [9.17, 15) is 14.9 Å². The SMILES string of the molecule is COCC1(CNC(=O)c2csc([N+](=O)[O-])c2)CCNCC1.Cl. The minimum absolute atomic E-state index is 0. The number of nitrogens with zero attached hydrogens (tertiary/aromatic N) is 1. The van der Waals surface area contributed by atoms with Gasteiger partial charge in [-0.25, -0.2) is 0 Å². The van der Waals surface area contributed by atoms with Crippen molar-refractivity contribution >= 4 is 34.7 Å². The van der Waals surface area contributed by atoms with Crippen molar-refractivity contribution in [2.24, 2.45) is 5.41 Å². The van der Waals surface area contributed by atoms with Crippen molar-refractivity contribution in [3.63, 3.8) is 0 Å². The van der Waals surface area contributed by atoms with Crippen molar-refractivity contribution in [1.29, 1.82) is 0 Å². The number of nitrogens with one attached hydrogen (secondary N) is 2. The van der Waals surface area contributed by atoms with Gasteiger partial charge in [-0.3, -0.25) is 14.9 Å². The lowest BCUT2D eigenvalue weighted by molar-refractivity contribution is -0.380. The topological polar surface area (TPSA) is 93.5 Å². The maximum Gasteiger partial charge on any atom is 0.324 e. The van der Waals surface area contributed by atoms with Crippen LogP contribution in [0.25, 0.3) is 0 Å². The van der Waals surface area contributed by atoms with Crippen LogP contribution in [0.3, 0.4) is 0 Å². The van der Waals surface area contributed by atoms with Crippen LogP contribution in [-0.2, 0) is 4.74 Å². The van der Waals surface area contributed by atoms with Gasteiger partial charge in [0.25, 0.3) is 5.91 Å². The van der Waals surface area contributed by atoms with E-state index in [-0.39, 0.29) is 28.7 Å². The number of hydrogen-bond acceptors (Lipinski definition) is 6.